The highest BCUT2D eigenvalue weighted by Gasteiger charge is 2.39. The van der Waals surface area contributed by atoms with E-state index in [-0.39, 0.29) is 12.3 Å². The van der Waals surface area contributed by atoms with Crippen molar-refractivity contribution in [2.75, 3.05) is 13.7 Å². The molecular weight excluding hydrogens is 160 g/mol. The number of carbonyl (C=O) groups excluding carboxylic acids is 1. The Morgan fingerprint density at radius 1 is 1.75 bits per heavy atom. The molecular formula is C7H12N2O3. The van der Waals surface area contributed by atoms with Crippen LogP contribution in [0.5, 0.6) is 0 Å². The van der Waals surface area contributed by atoms with Gasteiger partial charge in [0.05, 0.1) is 13.1 Å². The van der Waals surface area contributed by atoms with E-state index < -0.39 is 11.5 Å². The van der Waals surface area contributed by atoms with E-state index in [9.17, 15) is 9.59 Å². The number of aliphatic carboxylic acids is 1. The first-order chi connectivity index (χ1) is 5.46. The Bertz CT molecular complexity index is 229. The van der Waals surface area contributed by atoms with Gasteiger partial charge in [-0.15, -0.1) is 0 Å². The molecule has 0 aromatic carbocycles. The number of carboxylic acid groups (broad SMARTS) is 1. The lowest BCUT2D eigenvalue weighted by atomic mass is 9.96. The average molecular weight is 172 g/mol. The fourth-order valence-electron chi connectivity index (χ4n) is 1.03. The molecule has 0 bridgehead atoms. The van der Waals surface area contributed by atoms with Crippen molar-refractivity contribution in [3.05, 3.63) is 0 Å². The molecule has 0 aromatic heterocycles. The van der Waals surface area contributed by atoms with Gasteiger partial charge in [-0.25, -0.2) is 0 Å². The fraction of sp³-hybridized carbons (Fsp3) is 0.714. The molecule has 1 amide bonds. The first-order valence-electron chi connectivity index (χ1n) is 3.68. The Kier molecular flexibility index (Phi) is 2.06. The van der Waals surface area contributed by atoms with Gasteiger partial charge in [-0.3, -0.25) is 14.9 Å². The maximum Gasteiger partial charge on any atom is 0.324 e. The molecule has 0 spiro atoms. The average Bonchev–Trinajstić information content (AvgIpc) is 1.97. The van der Waals surface area contributed by atoms with Crippen LogP contribution in [0.1, 0.15) is 13.3 Å². The monoisotopic (exact) mass is 172 g/mol. The molecule has 2 N–H and O–H groups in total. The van der Waals surface area contributed by atoms with Crippen molar-refractivity contribution in [2.24, 2.45) is 0 Å². The van der Waals surface area contributed by atoms with Gasteiger partial charge in [-0.05, 0) is 6.92 Å². The van der Waals surface area contributed by atoms with Crippen LogP contribution < -0.4 is 5.32 Å². The number of nitrogens with zero attached hydrogens (tertiary/aromatic N) is 1. The summed E-state index contributed by atoms with van der Waals surface area (Å²) >= 11 is 0. The summed E-state index contributed by atoms with van der Waals surface area (Å²) in [7, 11) is 1.64. The molecule has 68 valence electrons. The number of carboxylic acids is 1. The van der Waals surface area contributed by atoms with Gasteiger partial charge < -0.3 is 10.0 Å². The summed E-state index contributed by atoms with van der Waals surface area (Å²) in [6.07, 6.45) is 0.0127. The van der Waals surface area contributed by atoms with Crippen LogP contribution in [0.15, 0.2) is 0 Å². The van der Waals surface area contributed by atoms with Crippen LogP contribution in [0.2, 0.25) is 0 Å². The highest BCUT2D eigenvalue weighted by Crippen LogP contribution is 2.15. The smallest absolute Gasteiger partial charge is 0.324 e. The van der Waals surface area contributed by atoms with Gasteiger partial charge in [0.1, 0.15) is 5.54 Å². The zero-order valence-electron chi connectivity index (χ0n) is 7.13. The maximum absolute atomic E-state index is 11.1. The van der Waals surface area contributed by atoms with Crippen molar-refractivity contribution in [1.29, 1.82) is 0 Å². The van der Waals surface area contributed by atoms with E-state index in [2.05, 4.69) is 5.32 Å². The third-order valence-corrected chi connectivity index (χ3v) is 2.11. The second-order valence-electron chi connectivity index (χ2n) is 3.24. The SMILES string of the molecule is CN1CNC(C)(C(=O)O)CC1=O. The number of nitrogens with one attached hydrogen (secondary N) is 1. The lowest BCUT2D eigenvalue weighted by molar-refractivity contribution is -0.152. The molecule has 1 saturated heterocycles. The highest BCUT2D eigenvalue weighted by molar-refractivity contribution is 5.88. The molecule has 1 heterocycles. The Balaban J connectivity index is 2.73. The Labute approximate surface area is 70.4 Å². The fourth-order valence-corrected chi connectivity index (χ4v) is 1.03. The molecule has 1 fully saturated rings. The molecule has 1 rings (SSSR count). The topological polar surface area (TPSA) is 69.6 Å². The summed E-state index contributed by atoms with van der Waals surface area (Å²) in [5.41, 5.74) is -1.09. The third-order valence-electron chi connectivity index (χ3n) is 2.11. The van der Waals surface area contributed by atoms with E-state index in [1.165, 1.54) is 11.8 Å². The van der Waals surface area contributed by atoms with Crippen LogP contribution in [0.25, 0.3) is 0 Å². The van der Waals surface area contributed by atoms with Crippen LogP contribution >= 0.6 is 0 Å². The van der Waals surface area contributed by atoms with Crippen molar-refractivity contribution in [1.82, 2.24) is 10.2 Å². The summed E-state index contributed by atoms with van der Waals surface area (Å²) in [5.74, 6) is -1.12. The van der Waals surface area contributed by atoms with Gasteiger partial charge >= 0.3 is 5.97 Å². The van der Waals surface area contributed by atoms with Crippen LogP contribution in [-0.2, 0) is 9.59 Å². The second-order valence-corrected chi connectivity index (χ2v) is 3.24. The molecule has 5 nitrogen and oxygen atoms in total. The molecule has 0 saturated carbocycles. The summed E-state index contributed by atoms with van der Waals surface area (Å²) in [6, 6.07) is 0. The maximum atomic E-state index is 11.1. The molecule has 5 heteroatoms. The predicted molar refractivity (Wildman–Crippen MR) is 41.4 cm³/mol. The van der Waals surface area contributed by atoms with Crippen molar-refractivity contribution in [3.8, 4) is 0 Å². The zero-order valence-corrected chi connectivity index (χ0v) is 7.13. The number of hydrogen-bond acceptors (Lipinski definition) is 3. The molecule has 1 aliphatic rings. The molecule has 0 aromatic rings. The molecule has 0 aliphatic carbocycles. The number of hydrogen-bond donors (Lipinski definition) is 2. The van der Waals surface area contributed by atoms with Gasteiger partial charge in [0, 0.05) is 7.05 Å². The molecule has 1 unspecified atom stereocenters. The number of carbonyl (C=O) groups is 2. The minimum atomic E-state index is -1.09. The van der Waals surface area contributed by atoms with E-state index in [1.54, 1.807) is 7.05 Å². The molecule has 1 aliphatic heterocycles. The van der Waals surface area contributed by atoms with Gasteiger partial charge in [-0.2, -0.15) is 0 Å². The lowest BCUT2D eigenvalue weighted by Gasteiger charge is -2.35. The Hall–Kier alpha value is -1.10. The van der Waals surface area contributed by atoms with E-state index >= 15 is 0 Å². The Morgan fingerprint density at radius 2 is 2.33 bits per heavy atom. The third kappa shape index (κ3) is 1.40. The molecule has 0 radical (unpaired) electrons. The number of amides is 1. The minimum absolute atomic E-state index is 0.0127. The first kappa shape index (κ1) is 8.99. The minimum Gasteiger partial charge on any atom is -0.480 e. The van der Waals surface area contributed by atoms with Crippen molar-refractivity contribution < 1.29 is 14.7 Å². The summed E-state index contributed by atoms with van der Waals surface area (Å²) in [5, 5.41) is 11.5. The predicted octanol–water partition coefficient (Wildman–Crippen LogP) is -0.761. The summed E-state index contributed by atoms with van der Waals surface area (Å²) in [6.45, 7) is 1.81. The zero-order chi connectivity index (χ0) is 9.35. The normalized spacial score (nSPS) is 30.5. The first-order valence-corrected chi connectivity index (χ1v) is 3.68. The van der Waals surface area contributed by atoms with E-state index in [1.807, 2.05) is 0 Å². The second kappa shape index (κ2) is 2.75. The van der Waals surface area contributed by atoms with Crippen LogP contribution in [0, 0.1) is 0 Å². The van der Waals surface area contributed by atoms with Gasteiger partial charge in [0.2, 0.25) is 5.91 Å². The number of rotatable bonds is 1. The van der Waals surface area contributed by atoms with Crippen LogP contribution in [0.4, 0.5) is 0 Å². The van der Waals surface area contributed by atoms with Gasteiger partial charge in [-0.1, -0.05) is 0 Å². The molecule has 1 atom stereocenters. The lowest BCUT2D eigenvalue weighted by Crippen LogP contribution is -2.60. The van der Waals surface area contributed by atoms with Crippen LogP contribution in [-0.4, -0.2) is 41.1 Å². The highest BCUT2D eigenvalue weighted by atomic mass is 16.4. The largest absolute Gasteiger partial charge is 0.480 e. The standard InChI is InChI=1S/C7H12N2O3/c1-7(6(11)12)3-5(10)9(2)4-8-7/h8H,3-4H2,1-2H3,(H,11,12). The van der Waals surface area contributed by atoms with E-state index in [0.29, 0.717) is 6.67 Å². The van der Waals surface area contributed by atoms with E-state index in [4.69, 9.17) is 5.11 Å². The van der Waals surface area contributed by atoms with Gasteiger partial charge in [0.15, 0.2) is 0 Å². The van der Waals surface area contributed by atoms with E-state index in [0.717, 1.165) is 0 Å². The Morgan fingerprint density at radius 3 is 2.75 bits per heavy atom. The van der Waals surface area contributed by atoms with Crippen molar-refractivity contribution in [3.63, 3.8) is 0 Å². The summed E-state index contributed by atoms with van der Waals surface area (Å²) < 4.78 is 0. The van der Waals surface area contributed by atoms with Crippen molar-refractivity contribution in [2.45, 2.75) is 18.9 Å². The van der Waals surface area contributed by atoms with Gasteiger partial charge in [0.25, 0.3) is 0 Å². The quantitative estimate of drug-likeness (QED) is 0.545. The molecule has 12 heavy (non-hydrogen) atoms. The van der Waals surface area contributed by atoms with Crippen molar-refractivity contribution >= 4 is 11.9 Å². The summed E-state index contributed by atoms with van der Waals surface area (Å²) in [4.78, 5) is 23.3. The van der Waals surface area contributed by atoms with Crippen LogP contribution in [0.3, 0.4) is 0 Å².